The maximum absolute atomic E-state index is 12.3. The van der Waals surface area contributed by atoms with E-state index in [-0.39, 0.29) is 23.8 Å². The van der Waals surface area contributed by atoms with Gasteiger partial charge in [0.05, 0.1) is 30.0 Å². The fourth-order valence-corrected chi connectivity index (χ4v) is 3.28. The minimum absolute atomic E-state index is 0.0487. The van der Waals surface area contributed by atoms with Gasteiger partial charge in [-0.3, -0.25) is 4.79 Å². The van der Waals surface area contributed by atoms with Crippen molar-refractivity contribution in [2.24, 2.45) is 0 Å². The van der Waals surface area contributed by atoms with Gasteiger partial charge >= 0.3 is 0 Å². The second kappa shape index (κ2) is 9.24. The van der Waals surface area contributed by atoms with Crippen LogP contribution in [0.4, 0.5) is 11.4 Å². The van der Waals surface area contributed by atoms with E-state index >= 15 is 0 Å². The Morgan fingerprint density at radius 2 is 1.78 bits per heavy atom. The van der Waals surface area contributed by atoms with E-state index in [1.807, 2.05) is 6.92 Å². The van der Waals surface area contributed by atoms with Crippen LogP contribution in [0.25, 0.3) is 0 Å². The number of carbonyl (C=O) groups is 1. The predicted octanol–water partition coefficient (Wildman–Crippen LogP) is 1.98. The number of sulfonamides is 1. The van der Waals surface area contributed by atoms with E-state index in [1.54, 1.807) is 30.3 Å². The molecule has 0 aliphatic rings. The molecule has 0 heterocycles. The van der Waals surface area contributed by atoms with Gasteiger partial charge in [0.2, 0.25) is 15.9 Å². The standard InChI is InChI=1S/C18H23N3O5S/c1-3-26-13-4-7-15(8-5-13)27(23,24)20-11-10-18(22)21-17-12-14(25-2)6-9-16(17)19/h4-9,12,20H,3,10-11,19H2,1-2H3,(H,21,22). The summed E-state index contributed by atoms with van der Waals surface area (Å²) in [5.41, 5.74) is 6.61. The first-order valence-electron chi connectivity index (χ1n) is 8.31. The number of carbonyl (C=O) groups excluding carboxylic acids is 1. The van der Waals surface area contributed by atoms with Gasteiger partial charge in [0.15, 0.2) is 0 Å². The zero-order chi connectivity index (χ0) is 19.9. The molecule has 0 spiro atoms. The third kappa shape index (κ3) is 5.87. The number of benzene rings is 2. The molecule has 0 saturated heterocycles. The summed E-state index contributed by atoms with van der Waals surface area (Å²) in [6, 6.07) is 10.9. The van der Waals surface area contributed by atoms with Gasteiger partial charge in [-0.15, -0.1) is 0 Å². The molecule has 27 heavy (non-hydrogen) atoms. The third-order valence-electron chi connectivity index (χ3n) is 3.62. The first-order chi connectivity index (χ1) is 12.9. The Morgan fingerprint density at radius 3 is 2.41 bits per heavy atom. The molecule has 146 valence electrons. The Morgan fingerprint density at radius 1 is 1.11 bits per heavy atom. The van der Waals surface area contributed by atoms with E-state index < -0.39 is 10.0 Å². The Bertz CT molecular complexity index is 882. The van der Waals surface area contributed by atoms with E-state index in [2.05, 4.69) is 10.0 Å². The Kier molecular flexibility index (Phi) is 7.03. The highest BCUT2D eigenvalue weighted by Crippen LogP contribution is 2.24. The van der Waals surface area contributed by atoms with Gasteiger partial charge in [-0.1, -0.05) is 0 Å². The number of nitrogens with two attached hydrogens (primary N) is 1. The number of methoxy groups -OCH3 is 1. The molecule has 9 heteroatoms. The summed E-state index contributed by atoms with van der Waals surface area (Å²) in [5.74, 6) is 0.770. The molecular weight excluding hydrogens is 370 g/mol. The van der Waals surface area contributed by atoms with E-state index in [0.29, 0.717) is 29.5 Å². The average Bonchev–Trinajstić information content (AvgIpc) is 2.64. The number of nitrogen functional groups attached to an aromatic ring is 1. The summed E-state index contributed by atoms with van der Waals surface area (Å²) in [5, 5.41) is 2.64. The molecule has 0 aliphatic carbocycles. The molecule has 1 amide bonds. The molecule has 2 rings (SSSR count). The van der Waals surface area contributed by atoms with Crippen molar-refractivity contribution >= 4 is 27.3 Å². The summed E-state index contributed by atoms with van der Waals surface area (Å²) >= 11 is 0. The Hall–Kier alpha value is -2.78. The van der Waals surface area contributed by atoms with Crippen LogP contribution in [0.2, 0.25) is 0 Å². The minimum atomic E-state index is -3.71. The predicted molar refractivity (Wildman–Crippen MR) is 103 cm³/mol. The lowest BCUT2D eigenvalue weighted by Crippen LogP contribution is -2.28. The SMILES string of the molecule is CCOc1ccc(S(=O)(=O)NCCC(=O)Nc2cc(OC)ccc2N)cc1. The molecule has 0 unspecified atom stereocenters. The number of hydrogen-bond acceptors (Lipinski definition) is 6. The zero-order valence-corrected chi connectivity index (χ0v) is 16.0. The molecule has 2 aromatic carbocycles. The lowest BCUT2D eigenvalue weighted by atomic mass is 10.2. The highest BCUT2D eigenvalue weighted by atomic mass is 32.2. The van der Waals surface area contributed by atoms with Crippen molar-refractivity contribution in [2.45, 2.75) is 18.2 Å². The van der Waals surface area contributed by atoms with Crippen molar-refractivity contribution in [3.05, 3.63) is 42.5 Å². The number of nitrogens with one attached hydrogen (secondary N) is 2. The fraction of sp³-hybridized carbons (Fsp3) is 0.278. The van der Waals surface area contributed by atoms with Gasteiger partial charge in [0.25, 0.3) is 0 Å². The van der Waals surface area contributed by atoms with Gasteiger partial charge in [0, 0.05) is 19.0 Å². The molecule has 0 radical (unpaired) electrons. The van der Waals surface area contributed by atoms with Gasteiger partial charge in [-0.2, -0.15) is 0 Å². The number of anilines is 2. The first-order valence-corrected chi connectivity index (χ1v) is 9.80. The van der Waals surface area contributed by atoms with Crippen molar-refractivity contribution in [3.8, 4) is 11.5 Å². The fourth-order valence-electron chi connectivity index (χ4n) is 2.25. The normalized spacial score (nSPS) is 11.0. The van der Waals surface area contributed by atoms with Gasteiger partial charge < -0.3 is 20.5 Å². The van der Waals surface area contributed by atoms with Crippen LogP contribution in [0, 0.1) is 0 Å². The van der Waals surface area contributed by atoms with Crippen molar-refractivity contribution in [1.82, 2.24) is 4.72 Å². The van der Waals surface area contributed by atoms with E-state index in [4.69, 9.17) is 15.2 Å². The van der Waals surface area contributed by atoms with Crippen molar-refractivity contribution < 1.29 is 22.7 Å². The summed E-state index contributed by atoms with van der Waals surface area (Å²) < 4.78 is 37.3. The number of amides is 1. The summed E-state index contributed by atoms with van der Waals surface area (Å²) in [4.78, 5) is 12.1. The second-order valence-electron chi connectivity index (χ2n) is 5.55. The maximum Gasteiger partial charge on any atom is 0.240 e. The molecule has 4 N–H and O–H groups in total. The monoisotopic (exact) mass is 393 g/mol. The van der Waals surface area contributed by atoms with Gasteiger partial charge in [0.1, 0.15) is 11.5 Å². The van der Waals surface area contributed by atoms with Crippen LogP contribution < -0.4 is 25.2 Å². The summed E-state index contributed by atoms with van der Waals surface area (Å²) in [7, 11) is -2.20. The summed E-state index contributed by atoms with van der Waals surface area (Å²) in [6.07, 6.45) is -0.0487. The molecule has 0 aromatic heterocycles. The lowest BCUT2D eigenvalue weighted by molar-refractivity contribution is -0.116. The molecule has 2 aromatic rings. The highest BCUT2D eigenvalue weighted by molar-refractivity contribution is 7.89. The number of hydrogen-bond donors (Lipinski definition) is 3. The van der Waals surface area contributed by atoms with Crippen molar-refractivity contribution in [1.29, 1.82) is 0 Å². The van der Waals surface area contributed by atoms with Crippen LogP contribution in [-0.2, 0) is 14.8 Å². The number of ether oxygens (including phenoxy) is 2. The van der Waals surface area contributed by atoms with Crippen LogP contribution in [-0.4, -0.2) is 34.6 Å². The van der Waals surface area contributed by atoms with Crippen LogP contribution in [0.3, 0.4) is 0 Å². The van der Waals surface area contributed by atoms with E-state index in [1.165, 1.54) is 19.2 Å². The molecule has 0 fully saturated rings. The van der Waals surface area contributed by atoms with Crippen LogP contribution in [0.5, 0.6) is 11.5 Å². The quantitative estimate of drug-likeness (QED) is 0.561. The smallest absolute Gasteiger partial charge is 0.240 e. The Labute approximate surface area is 158 Å². The maximum atomic E-state index is 12.3. The van der Waals surface area contributed by atoms with Crippen LogP contribution >= 0.6 is 0 Å². The van der Waals surface area contributed by atoms with Crippen molar-refractivity contribution in [2.75, 3.05) is 31.3 Å². The molecule has 8 nitrogen and oxygen atoms in total. The summed E-state index contributed by atoms with van der Waals surface area (Å²) in [6.45, 7) is 2.29. The van der Waals surface area contributed by atoms with E-state index in [0.717, 1.165) is 0 Å². The lowest BCUT2D eigenvalue weighted by Gasteiger charge is -2.11. The Balaban J connectivity index is 1.90. The molecule has 0 atom stereocenters. The highest BCUT2D eigenvalue weighted by Gasteiger charge is 2.15. The second-order valence-corrected chi connectivity index (χ2v) is 7.32. The third-order valence-corrected chi connectivity index (χ3v) is 5.10. The zero-order valence-electron chi connectivity index (χ0n) is 15.2. The molecule has 0 saturated carbocycles. The molecular formula is C18H23N3O5S. The largest absolute Gasteiger partial charge is 0.497 e. The average molecular weight is 393 g/mol. The van der Waals surface area contributed by atoms with Crippen molar-refractivity contribution in [3.63, 3.8) is 0 Å². The molecule has 0 aliphatic heterocycles. The molecule has 0 bridgehead atoms. The van der Waals surface area contributed by atoms with Crippen LogP contribution in [0.15, 0.2) is 47.4 Å². The number of rotatable bonds is 9. The van der Waals surface area contributed by atoms with Gasteiger partial charge in [-0.25, -0.2) is 13.1 Å². The van der Waals surface area contributed by atoms with E-state index in [9.17, 15) is 13.2 Å². The first kappa shape index (κ1) is 20.5. The van der Waals surface area contributed by atoms with Crippen LogP contribution in [0.1, 0.15) is 13.3 Å². The topological polar surface area (TPSA) is 120 Å². The minimum Gasteiger partial charge on any atom is -0.497 e. The van der Waals surface area contributed by atoms with Gasteiger partial charge in [-0.05, 0) is 43.3 Å².